The highest BCUT2D eigenvalue weighted by Crippen LogP contribution is 2.31. The first-order valence-electron chi connectivity index (χ1n) is 7.45. The van der Waals surface area contributed by atoms with Gasteiger partial charge in [0.1, 0.15) is 10.4 Å². The van der Waals surface area contributed by atoms with E-state index in [4.69, 9.17) is 0 Å². The van der Waals surface area contributed by atoms with Crippen LogP contribution in [0.4, 0.5) is 4.79 Å². The quantitative estimate of drug-likeness (QED) is 0.792. The summed E-state index contributed by atoms with van der Waals surface area (Å²) in [7, 11) is -3.63. The van der Waals surface area contributed by atoms with Gasteiger partial charge >= 0.3 is 6.03 Å². The van der Waals surface area contributed by atoms with Crippen LogP contribution in [0.3, 0.4) is 0 Å². The SMILES string of the molecule is CCN1C(=O)NC2(CCN(S(=O)(=O)c3cccnc3)CC2)C1=O. The molecule has 2 aliphatic rings. The molecule has 1 aromatic heterocycles. The first-order chi connectivity index (χ1) is 10.9. The maximum Gasteiger partial charge on any atom is 0.325 e. The minimum atomic E-state index is -3.63. The molecule has 0 radical (unpaired) electrons. The van der Waals surface area contributed by atoms with E-state index < -0.39 is 21.6 Å². The monoisotopic (exact) mass is 338 g/mol. The Labute approximate surface area is 134 Å². The van der Waals surface area contributed by atoms with E-state index >= 15 is 0 Å². The second-order valence-corrected chi connectivity index (χ2v) is 7.59. The first-order valence-corrected chi connectivity index (χ1v) is 8.89. The van der Waals surface area contributed by atoms with Crippen molar-refractivity contribution in [3.8, 4) is 0 Å². The number of urea groups is 1. The van der Waals surface area contributed by atoms with Crippen molar-refractivity contribution in [2.24, 2.45) is 0 Å². The summed E-state index contributed by atoms with van der Waals surface area (Å²) in [6.07, 6.45) is 3.36. The van der Waals surface area contributed by atoms with Gasteiger partial charge in [0.2, 0.25) is 10.0 Å². The van der Waals surface area contributed by atoms with E-state index in [1.54, 1.807) is 13.0 Å². The maximum absolute atomic E-state index is 12.6. The Morgan fingerprint density at radius 1 is 1.30 bits per heavy atom. The molecular formula is C14H18N4O4S. The van der Waals surface area contributed by atoms with Gasteiger partial charge in [-0.2, -0.15) is 4.31 Å². The number of hydrogen-bond acceptors (Lipinski definition) is 5. The molecule has 0 atom stereocenters. The molecule has 124 valence electrons. The third-order valence-corrected chi connectivity index (χ3v) is 6.29. The van der Waals surface area contributed by atoms with Crippen LogP contribution >= 0.6 is 0 Å². The molecule has 0 aliphatic carbocycles. The fourth-order valence-electron chi connectivity index (χ4n) is 3.06. The van der Waals surface area contributed by atoms with Crippen molar-refractivity contribution in [3.63, 3.8) is 0 Å². The van der Waals surface area contributed by atoms with Gasteiger partial charge in [0.05, 0.1) is 0 Å². The standard InChI is InChI=1S/C14H18N4O4S/c1-2-18-12(19)14(16-13(18)20)5-8-17(9-6-14)23(21,22)11-4-3-7-15-10-11/h3-4,7,10H,2,5-6,8-9H2,1H3,(H,16,20). The van der Waals surface area contributed by atoms with Crippen molar-refractivity contribution in [1.82, 2.24) is 19.5 Å². The number of carbonyl (C=O) groups excluding carboxylic acids is 2. The van der Waals surface area contributed by atoms with Crippen molar-refractivity contribution in [2.45, 2.75) is 30.2 Å². The molecule has 9 heteroatoms. The number of rotatable bonds is 3. The van der Waals surface area contributed by atoms with E-state index in [9.17, 15) is 18.0 Å². The van der Waals surface area contributed by atoms with Crippen LogP contribution in [0.2, 0.25) is 0 Å². The zero-order chi connectivity index (χ0) is 16.7. The number of nitrogens with zero attached hydrogens (tertiary/aromatic N) is 3. The van der Waals surface area contributed by atoms with Crippen molar-refractivity contribution < 1.29 is 18.0 Å². The van der Waals surface area contributed by atoms with Crippen LogP contribution in [0.1, 0.15) is 19.8 Å². The van der Waals surface area contributed by atoms with Gasteiger partial charge < -0.3 is 5.32 Å². The molecule has 3 heterocycles. The van der Waals surface area contributed by atoms with E-state index in [0.29, 0.717) is 6.54 Å². The number of hydrogen-bond donors (Lipinski definition) is 1. The Morgan fingerprint density at radius 2 is 2.00 bits per heavy atom. The lowest BCUT2D eigenvalue weighted by Gasteiger charge is -2.36. The highest BCUT2D eigenvalue weighted by molar-refractivity contribution is 7.89. The van der Waals surface area contributed by atoms with Gasteiger partial charge in [-0.3, -0.25) is 14.7 Å². The fraction of sp³-hybridized carbons (Fsp3) is 0.500. The molecule has 0 aromatic carbocycles. The third-order valence-electron chi connectivity index (χ3n) is 4.41. The summed E-state index contributed by atoms with van der Waals surface area (Å²) in [5.74, 6) is -0.261. The van der Waals surface area contributed by atoms with Gasteiger partial charge in [-0.05, 0) is 31.9 Å². The first kappa shape index (κ1) is 15.9. The molecule has 2 aliphatic heterocycles. The lowest BCUT2D eigenvalue weighted by atomic mass is 9.88. The molecule has 3 amide bonds. The topological polar surface area (TPSA) is 99.7 Å². The van der Waals surface area contributed by atoms with Crippen molar-refractivity contribution >= 4 is 22.0 Å². The highest BCUT2D eigenvalue weighted by atomic mass is 32.2. The lowest BCUT2D eigenvalue weighted by molar-refractivity contribution is -0.132. The molecule has 0 saturated carbocycles. The summed E-state index contributed by atoms with van der Waals surface area (Å²) < 4.78 is 26.5. The maximum atomic E-state index is 12.6. The third kappa shape index (κ3) is 2.49. The molecule has 1 aromatic rings. The number of likely N-dealkylation sites (N-methyl/N-ethyl adjacent to an activating group) is 1. The minimum absolute atomic E-state index is 0.132. The summed E-state index contributed by atoms with van der Waals surface area (Å²) >= 11 is 0. The van der Waals surface area contributed by atoms with Crippen molar-refractivity contribution in [1.29, 1.82) is 0 Å². The average Bonchev–Trinajstić information content (AvgIpc) is 2.78. The molecule has 23 heavy (non-hydrogen) atoms. The number of amides is 3. The van der Waals surface area contributed by atoms with Crippen LogP contribution in [-0.4, -0.2) is 59.7 Å². The van der Waals surface area contributed by atoms with Gasteiger partial charge in [0, 0.05) is 32.0 Å². The highest BCUT2D eigenvalue weighted by Gasteiger charge is 2.52. The smallest absolute Gasteiger partial charge is 0.323 e. The Morgan fingerprint density at radius 3 is 2.52 bits per heavy atom. The summed E-state index contributed by atoms with van der Waals surface area (Å²) in [6, 6.07) is 2.66. The number of pyridine rings is 1. The van der Waals surface area contributed by atoms with Gasteiger partial charge in [-0.25, -0.2) is 13.2 Å². The van der Waals surface area contributed by atoms with Crippen LogP contribution in [-0.2, 0) is 14.8 Å². The van der Waals surface area contributed by atoms with Crippen molar-refractivity contribution in [2.75, 3.05) is 19.6 Å². The number of imide groups is 1. The van der Waals surface area contributed by atoms with E-state index in [-0.39, 0.29) is 36.7 Å². The average molecular weight is 338 g/mol. The summed E-state index contributed by atoms with van der Waals surface area (Å²) in [5, 5.41) is 2.74. The van der Waals surface area contributed by atoms with Crippen LogP contribution in [0.5, 0.6) is 0 Å². The van der Waals surface area contributed by atoms with Crippen LogP contribution in [0.15, 0.2) is 29.4 Å². The van der Waals surface area contributed by atoms with Gasteiger partial charge in [-0.1, -0.05) is 0 Å². The summed E-state index contributed by atoms with van der Waals surface area (Å²) in [4.78, 5) is 29.4. The van der Waals surface area contributed by atoms with Gasteiger partial charge in [0.15, 0.2) is 0 Å². The lowest BCUT2D eigenvalue weighted by Crippen LogP contribution is -2.55. The predicted octanol–water partition coefficient (Wildman–Crippen LogP) is 0.177. The number of nitrogens with one attached hydrogen (secondary N) is 1. The second-order valence-electron chi connectivity index (χ2n) is 5.65. The molecule has 0 bridgehead atoms. The Balaban J connectivity index is 1.77. The van der Waals surface area contributed by atoms with Crippen LogP contribution in [0.25, 0.3) is 0 Å². The van der Waals surface area contributed by atoms with Crippen LogP contribution < -0.4 is 5.32 Å². The fourth-order valence-corrected chi connectivity index (χ4v) is 4.47. The molecule has 2 fully saturated rings. The number of aromatic nitrogens is 1. The molecule has 8 nitrogen and oxygen atoms in total. The number of carbonyl (C=O) groups is 2. The number of piperidine rings is 1. The van der Waals surface area contributed by atoms with Crippen molar-refractivity contribution in [3.05, 3.63) is 24.5 Å². The Bertz CT molecular complexity index is 726. The molecule has 2 saturated heterocycles. The Kier molecular flexibility index (Phi) is 3.85. The normalized spacial score (nSPS) is 21.7. The molecular weight excluding hydrogens is 320 g/mol. The van der Waals surface area contributed by atoms with Gasteiger partial charge in [0.25, 0.3) is 5.91 Å². The molecule has 0 unspecified atom stereocenters. The van der Waals surface area contributed by atoms with Gasteiger partial charge in [-0.15, -0.1) is 0 Å². The Hall–Kier alpha value is -2.00. The zero-order valence-corrected chi connectivity index (χ0v) is 13.5. The summed E-state index contributed by atoms with van der Waals surface area (Å²) in [5.41, 5.74) is -0.964. The number of sulfonamides is 1. The van der Waals surface area contributed by atoms with E-state index in [1.165, 1.54) is 27.7 Å². The van der Waals surface area contributed by atoms with E-state index in [1.807, 2.05) is 0 Å². The minimum Gasteiger partial charge on any atom is -0.323 e. The zero-order valence-electron chi connectivity index (χ0n) is 12.7. The van der Waals surface area contributed by atoms with E-state index in [0.717, 1.165) is 0 Å². The van der Waals surface area contributed by atoms with Crippen LogP contribution in [0, 0.1) is 0 Å². The largest absolute Gasteiger partial charge is 0.325 e. The molecule has 1 N–H and O–H groups in total. The molecule has 1 spiro atoms. The molecule has 3 rings (SSSR count). The predicted molar refractivity (Wildman–Crippen MR) is 80.9 cm³/mol. The van der Waals surface area contributed by atoms with E-state index in [2.05, 4.69) is 10.3 Å². The summed E-state index contributed by atoms with van der Waals surface area (Å²) in [6.45, 7) is 2.41. The second kappa shape index (κ2) is 5.57.